The molecule has 0 saturated carbocycles. The van der Waals surface area contributed by atoms with Gasteiger partial charge < -0.3 is 9.84 Å². The number of carbonyl (C=O) groups is 1. The Morgan fingerprint density at radius 2 is 2.03 bits per heavy atom. The average Bonchev–Trinajstić information content (AvgIpc) is 2.65. The molecule has 156 valence electrons. The Morgan fingerprint density at radius 3 is 2.59 bits per heavy atom. The van der Waals surface area contributed by atoms with E-state index in [9.17, 15) is 20.0 Å². The predicted molar refractivity (Wildman–Crippen MR) is 105 cm³/mol. The number of aromatic nitrogens is 3. The van der Waals surface area contributed by atoms with E-state index in [0.717, 1.165) is 11.8 Å². The maximum Gasteiger partial charge on any atom is 0.320 e. The number of hydrogen-bond acceptors (Lipinski definition) is 8. The molecule has 0 saturated heterocycles. The van der Waals surface area contributed by atoms with E-state index in [1.807, 2.05) is 13.8 Å². The standard InChI is InChI=1S/C18H22ClN5O5/c1-5-6-11(17(25)26)22-15(13-10(3)16(29-4)9(2)7-20-13)14-12(24(27)28)8-21-18(19)23-14/h7-8,11,15,22H,5-6H2,1-4H3,(H,25,26)/t11-,15?/m0/s1. The molecule has 2 aromatic heterocycles. The van der Waals surface area contributed by atoms with Gasteiger partial charge in [-0.05, 0) is 31.9 Å². The van der Waals surface area contributed by atoms with Crippen LogP contribution in [0.2, 0.25) is 5.28 Å². The fourth-order valence-corrected chi connectivity index (χ4v) is 3.25. The van der Waals surface area contributed by atoms with Crippen LogP contribution in [0.4, 0.5) is 5.69 Å². The van der Waals surface area contributed by atoms with Crippen molar-refractivity contribution in [2.45, 2.75) is 45.7 Å². The van der Waals surface area contributed by atoms with Crippen LogP contribution in [-0.4, -0.2) is 44.1 Å². The van der Waals surface area contributed by atoms with Crippen molar-refractivity contribution in [3.63, 3.8) is 0 Å². The van der Waals surface area contributed by atoms with E-state index in [-0.39, 0.29) is 11.0 Å². The Bertz CT molecular complexity index is 924. The number of carboxylic acid groups (broad SMARTS) is 1. The van der Waals surface area contributed by atoms with Crippen LogP contribution >= 0.6 is 11.6 Å². The Morgan fingerprint density at radius 1 is 1.34 bits per heavy atom. The summed E-state index contributed by atoms with van der Waals surface area (Å²) in [5.74, 6) is -0.539. The third-order valence-electron chi connectivity index (χ3n) is 4.44. The van der Waals surface area contributed by atoms with Crippen LogP contribution in [0, 0.1) is 24.0 Å². The van der Waals surface area contributed by atoms with E-state index >= 15 is 0 Å². The summed E-state index contributed by atoms with van der Waals surface area (Å²) in [5.41, 5.74) is 1.26. The van der Waals surface area contributed by atoms with Crippen molar-refractivity contribution in [2.75, 3.05) is 7.11 Å². The number of nitrogens with one attached hydrogen (secondary N) is 1. The summed E-state index contributed by atoms with van der Waals surface area (Å²) in [6.07, 6.45) is 3.45. The predicted octanol–water partition coefficient (Wildman–Crippen LogP) is 2.99. The fraction of sp³-hybridized carbons (Fsp3) is 0.444. The van der Waals surface area contributed by atoms with Gasteiger partial charge in [0.2, 0.25) is 5.28 Å². The monoisotopic (exact) mass is 423 g/mol. The smallest absolute Gasteiger partial charge is 0.320 e. The normalized spacial score (nSPS) is 13.0. The molecule has 0 spiro atoms. The van der Waals surface area contributed by atoms with Crippen LogP contribution in [0.15, 0.2) is 12.4 Å². The second-order valence-corrected chi connectivity index (χ2v) is 6.77. The average molecular weight is 424 g/mol. The summed E-state index contributed by atoms with van der Waals surface area (Å²) in [7, 11) is 1.50. The first-order valence-electron chi connectivity index (χ1n) is 8.86. The van der Waals surface area contributed by atoms with Gasteiger partial charge in [0.25, 0.3) is 0 Å². The highest BCUT2D eigenvalue weighted by atomic mass is 35.5. The number of hydrogen-bond donors (Lipinski definition) is 2. The molecule has 0 aliphatic rings. The van der Waals surface area contributed by atoms with Crippen molar-refractivity contribution in [1.82, 2.24) is 20.3 Å². The highest BCUT2D eigenvalue weighted by molar-refractivity contribution is 6.28. The molecule has 2 aromatic rings. The third-order valence-corrected chi connectivity index (χ3v) is 4.62. The van der Waals surface area contributed by atoms with Crippen LogP contribution in [0.25, 0.3) is 0 Å². The van der Waals surface area contributed by atoms with Crippen molar-refractivity contribution in [3.05, 3.63) is 50.3 Å². The maximum atomic E-state index is 11.7. The molecule has 2 atom stereocenters. The van der Waals surface area contributed by atoms with Crippen LogP contribution in [0.5, 0.6) is 5.75 Å². The third kappa shape index (κ3) is 4.96. The molecule has 2 N–H and O–H groups in total. The molecule has 2 heterocycles. The topological polar surface area (TPSA) is 140 Å². The molecule has 0 amide bonds. The number of ether oxygens (including phenoxy) is 1. The lowest BCUT2D eigenvalue weighted by molar-refractivity contribution is -0.386. The molecule has 0 aromatic carbocycles. The number of rotatable bonds is 9. The summed E-state index contributed by atoms with van der Waals surface area (Å²) in [5, 5.41) is 23.9. The van der Waals surface area contributed by atoms with Crippen LogP contribution in [0.1, 0.15) is 48.3 Å². The first-order valence-corrected chi connectivity index (χ1v) is 9.24. The van der Waals surface area contributed by atoms with Crippen molar-refractivity contribution in [3.8, 4) is 5.75 Å². The fourth-order valence-electron chi connectivity index (χ4n) is 3.11. The second-order valence-electron chi connectivity index (χ2n) is 6.43. The minimum Gasteiger partial charge on any atom is -0.496 e. The summed E-state index contributed by atoms with van der Waals surface area (Å²) >= 11 is 5.90. The quantitative estimate of drug-likeness (QED) is 0.353. The van der Waals surface area contributed by atoms with Crippen molar-refractivity contribution in [1.29, 1.82) is 0 Å². The second kappa shape index (κ2) is 9.57. The van der Waals surface area contributed by atoms with Crippen molar-refractivity contribution >= 4 is 23.3 Å². The first-order chi connectivity index (χ1) is 13.7. The molecule has 0 fully saturated rings. The molecule has 0 bridgehead atoms. The van der Waals surface area contributed by atoms with Crippen molar-refractivity contribution < 1.29 is 19.6 Å². The van der Waals surface area contributed by atoms with Gasteiger partial charge >= 0.3 is 11.7 Å². The molecule has 10 nitrogen and oxygen atoms in total. The van der Waals surface area contributed by atoms with Crippen molar-refractivity contribution in [2.24, 2.45) is 0 Å². The van der Waals surface area contributed by atoms with E-state index in [1.54, 1.807) is 13.1 Å². The summed E-state index contributed by atoms with van der Waals surface area (Å²) < 4.78 is 5.43. The number of aryl methyl sites for hydroxylation is 1. The minimum atomic E-state index is -1.09. The summed E-state index contributed by atoms with van der Waals surface area (Å²) in [6, 6.07) is -2.00. The Hall–Kier alpha value is -2.85. The number of methoxy groups -OCH3 is 1. The Kier molecular flexibility index (Phi) is 7.40. The highest BCUT2D eigenvalue weighted by Crippen LogP contribution is 2.34. The molecular formula is C18H22ClN5O5. The molecule has 0 aliphatic carbocycles. The van der Waals surface area contributed by atoms with Gasteiger partial charge in [0.15, 0.2) is 0 Å². The molecular weight excluding hydrogens is 402 g/mol. The number of carboxylic acids is 1. The van der Waals surface area contributed by atoms with Gasteiger partial charge in [-0.25, -0.2) is 9.97 Å². The van der Waals surface area contributed by atoms with E-state index < -0.39 is 28.7 Å². The lowest BCUT2D eigenvalue weighted by Crippen LogP contribution is -2.40. The zero-order chi connectivity index (χ0) is 21.7. The number of aliphatic carboxylic acids is 1. The van der Waals surface area contributed by atoms with Gasteiger partial charge in [-0.2, -0.15) is 0 Å². The Labute approximate surface area is 172 Å². The minimum absolute atomic E-state index is 0.0705. The zero-order valence-corrected chi connectivity index (χ0v) is 17.2. The number of halogens is 1. The maximum absolute atomic E-state index is 11.7. The molecule has 2 rings (SSSR count). The molecule has 0 radical (unpaired) electrons. The largest absolute Gasteiger partial charge is 0.496 e. The zero-order valence-electron chi connectivity index (χ0n) is 16.5. The molecule has 0 aliphatic heterocycles. The van der Waals surface area contributed by atoms with E-state index in [2.05, 4.69) is 20.3 Å². The summed E-state index contributed by atoms with van der Waals surface area (Å²) in [4.78, 5) is 34.8. The van der Waals surface area contributed by atoms with E-state index in [0.29, 0.717) is 29.8 Å². The number of pyridine rings is 1. The molecule has 11 heteroatoms. The number of nitrogens with zero attached hydrogens (tertiary/aromatic N) is 4. The van der Waals surface area contributed by atoms with E-state index in [1.165, 1.54) is 7.11 Å². The van der Waals surface area contributed by atoms with E-state index in [4.69, 9.17) is 16.3 Å². The SMILES string of the molecule is CCC[C@H](NC(c1nc(Cl)ncc1[N+](=O)[O-])c1ncc(C)c(OC)c1C)C(=O)O. The number of nitro groups is 1. The molecule has 1 unspecified atom stereocenters. The van der Waals surface area contributed by atoms with Crippen LogP contribution in [0.3, 0.4) is 0 Å². The highest BCUT2D eigenvalue weighted by Gasteiger charge is 2.33. The van der Waals surface area contributed by atoms with Gasteiger partial charge in [-0.15, -0.1) is 0 Å². The van der Waals surface area contributed by atoms with Crippen LogP contribution in [-0.2, 0) is 4.79 Å². The van der Waals surface area contributed by atoms with Gasteiger partial charge in [-0.1, -0.05) is 13.3 Å². The molecule has 29 heavy (non-hydrogen) atoms. The lowest BCUT2D eigenvalue weighted by Gasteiger charge is -2.24. The lowest BCUT2D eigenvalue weighted by atomic mass is 9.99. The van der Waals surface area contributed by atoms with Gasteiger partial charge in [0.1, 0.15) is 29.7 Å². The van der Waals surface area contributed by atoms with Crippen LogP contribution < -0.4 is 10.1 Å². The first kappa shape index (κ1) is 22.4. The van der Waals surface area contributed by atoms with Gasteiger partial charge in [0, 0.05) is 17.3 Å². The Balaban J connectivity index is 2.73. The van der Waals surface area contributed by atoms with Gasteiger partial charge in [-0.3, -0.25) is 25.2 Å². The van der Waals surface area contributed by atoms with Gasteiger partial charge in [0.05, 0.1) is 17.7 Å². The summed E-state index contributed by atoms with van der Waals surface area (Å²) in [6.45, 7) is 5.40.